The summed E-state index contributed by atoms with van der Waals surface area (Å²) in [6.07, 6.45) is 4.32. The highest BCUT2D eigenvalue weighted by Gasteiger charge is 2.04. The lowest BCUT2D eigenvalue weighted by Gasteiger charge is -1.99. The molecular weight excluding hydrogens is 170 g/mol. The van der Waals surface area contributed by atoms with E-state index in [9.17, 15) is 4.79 Å². The third kappa shape index (κ3) is 1.18. The maximum atomic E-state index is 11.2. The second-order valence-corrected chi connectivity index (χ2v) is 2.42. The Hall–Kier alpha value is -2.11. The highest BCUT2D eigenvalue weighted by molar-refractivity contribution is 5.35. The first-order valence-electron chi connectivity index (χ1n) is 3.61. The molecule has 0 aromatic carbocycles. The minimum Gasteiger partial charge on any atom is -0.383 e. The number of H-pyrrole nitrogens is 1. The van der Waals surface area contributed by atoms with Crippen LogP contribution in [-0.2, 0) is 0 Å². The van der Waals surface area contributed by atoms with Gasteiger partial charge in [0.05, 0.1) is 0 Å². The first-order valence-corrected chi connectivity index (χ1v) is 3.61. The summed E-state index contributed by atoms with van der Waals surface area (Å²) in [4.78, 5) is 21.3. The third-order valence-electron chi connectivity index (χ3n) is 1.60. The molecule has 0 saturated heterocycles. The predicted octanol–water partition coefficient (Wildman–Crippen LogP) is -0.462. The van der Waals surface area contributed by atoms with Crippen molar-refractivity contribution in [1.82, 2.24) is 19.5 Å². The quantitative estimate of drug-likeness (QED) is 0.616. The molecule has 0 aliphatic carbocycles. The van der Waals surface area contributed by atoms with Crippen LogP contribution in [0.2, 0.25) is 0 Å². The summed E-state index contributed by atoms with van der Waals surface area (Å²) in [5, 5.41) is 0. The van der Waals surface area contributed by atoms with E-state index in [2.05, 4.69) is 15.0 Å². The van der Waals surface area contributed by atoms with Crippen molar-refractivity contribution in [1.29, 1.82) is 0 Å². The topological polar surface area (TPSA) is 89.6 Å². The summed E-state index contributed by atoms with van der Waals surface area (Å²) in [5.41, 5.74) is 5.24. The molecule has 0 aliphatic rings. The number of anilines is 1. The molecule has 0 atom stereocenters. The number of rotatable bonds is 1. The molecule has 0 radical (unpaired) electrons. The highest BCUT2D eigenvalue weighted by Crippen LogP contribution is 2.03. The zero-order valence-electron chi connectivity index (χ0n) is 6.64. The lowest BCUT2D eigenvalue weighted by atomic mass is 10.5. The molecule has 6 heteroatoms. The minimum atomic E-state index is -0.309. The van der Waals surface area contributed by atoms with E-state index in [1.165, 1.54) is 17.1 Å². The van der Waals surface area contributed by atoms with Crippen LogP contribution in [0.25, 0.3) is 5.82 Å². The van der Waals surface area contributed by atoms with E-state index < -0.39 is 0 Å². The van der Waals surface area contributed by atoms with Crippen molar-refractivity contribution in [3.8, 4) is 5.82 Å². The Labute approximate surface area is 73.1 Å². The SMILES string of the molecule is Nc1c[nH]c(=O)n1-c1ccncn1. The number of imidazole rings is 1. The van der Waals surface area contributed by atoms with Gasteiger partial charge in [-0.3, -0.25) is 0 Å². The Bertz CT molecular complexity index is 457. The maximum absolute atomic E-state index is 11.2. The molecule has 2 aromatic rings. The monoisotopic (exact) mass is 177 g/mol. The summed E-state index contributed by atoms with van der Waals surface area (Å²) in [7, 11) is 0. The second-order valence-electron chi connectivity index (χ2n) is 2.42. The molecule has 0 saturated carbocycles. The molecule has 13 heavy (non-hydrogen) atoms. The van der Waals surface area contributed by atoms with Gasteiger partial charge in [-0.15, -0.1) is 0 Å². The number of nitrogen functional groups attached to an aromatic ring is 1. The summed E-state index contributed by atoms with van der Waals surface area (Å²) < 4.78 is 1.27. The fourth-order valence-corrected chi connectivity index (χ4v) is 1.03. The molecule has 66 valence electrons. The molecule has 0 fully saturated rings. The van der Waals surface area contributed by atoms with Crippen LogP contribution in [0, 0.1) is 0 Å². The Morgan fingerprint density at radius 1 is 1.54 bits per heavy atom. The molecule has 0 spiro atoms. The number of aromatic amines is 1. The maximum Gasteiger partial charge on any atom is 0.333 e. The van der Waals surface area contributed by atoms with Gasteiger partial charge >= 0.3 is 5.69 Å². The van der Waals surface area contributed by atoms with Crippen LogP contribution in [0.3, 0.4) is 0 Å². The van der Waals surface area contributed by atoms with Gasteiger partial charge in [0.25, 0.3) is 0 Å². The first-order chi connectivity index (χ1) is 6.29. The van der Waals surface area contributed by atoms with Gasteiger partial charge in [-0.1, -0.05) is 0 Å². The van der Waals surface area contributed by atoms with Crippen LogP contribution in [-0.4, -0.2) is 19.5 Å². The number of nitrogens with zero attached hydrogens (tertiary/aromatic N) is 3. The fraction of sp³-hybridized carbons (Fsp3) is 0. The standard InChI is InChI=1S/C7H7N5O/c8-5-3-10-7(13)12(5)6-1-2-9-4-11-6/h1-4H,8H2,(H,10,13). The number of hydrogen-bond donors (Lipinski definition) is 2. The van der Waals surface area contributed by atoms with Crippen LogP contribution in [0.5, 0.6) is 0 Å². The number of nitrogens with two attached hydrogens (primary N) is 1. The van der Waals surface area contributed by atoms with Crippen molar-refractivity contribution in [2.45, 2.75) is 0 Å². The van der Waals surface area contributed by atoms with Crippen molar-refractivity contribution in [3.05, 3.63) is 35.3 Å². The molecule has 0 aliphatic heterocycles. The third-order valence-corrected chi connectivity index (χ3v) is 1.60. The van der Waals surface area contributed by atoms with Gasteiger partial charge < -0.3 is 10.7 Å². The molecule has 3 N–H and O–H groups in total. The van der Waals surface area contributed by atoms with E-state index in [1.54, 1.807) is 12.3 Å². The van der Waals surface area contributed by atoms with Crippen LogP contribution in [0.15, 0.2) is 29.6 Å². The van der Waals surface area contributed by atoms with Gasteiger partial charge in [0.2, 0.25) is 0 Å². The normalized spacial score (nSPS) is 10.2. The average molecular weight is 177 g/mol. The van der Waals surface area contributed by atoms with Crippen LogP contribution < -0.4 is 11.4 Å². The van der Waals surface area contributed by atoms with Crippen LogP contribution >= 0.6 is 0 Å². The van der Waals surface area contributed by atoms with Gasteiger partial charge in [-0.25, -0.2) is 19.3 Å². The van der Waals surface area contributed by atoms with E-state index in [-0.39, 0.29) is 5.69 Å². The lowest BCUT2D eigenvalue weighted by Crippen LogP contribution is -2.17. The predicted molar refractivity (Wildman–Crippen MR) is 46.4 cm³/mol. The highest BCUT2D eigenvalue weighted by atomic mass is 16.1. The Kier molecular flexibility index (Phi) is 1.59. The van der Waals surface area contributed by atoms with Gasteiger partial charge in [-0.2, -0.15) is 0 Å². The smallest absolute Gasteiger partial charge is 0.333 e. The number of aromatic nitrogens is 4. The fourth-order valence-electron chi connectivity index (χ4n) is 1.03. The lowest BCUT2D eigenvalue weighted by molar-refractivity contribution is 0.934. The molecule has 0 bridgehead atoms. The second kappa shape index (κ2) is 2.74. The average Bonchev–Trinajstić information content (AvgIpc) is 2.48. The minimum absolute atomic E-state index is 0.309. The molecule has 0 unspecified atom stereocenters. The van der Waals surface area contributed by atoms with Crippen molar-refractivity contribution in [2.75, 3.05) is 5.73 Å². The Balaban J connectivity index is 2.65. The Morgan fingerprint density at radius 3 is 2.92 bits per heavy atom. The van der Waals surface area contributed by atoms with E-state index in [1.807, 2.05) is 0 Å². The van der Waals surface area contributed by atoms with Gasteiger partial charge in [0, 0.05) is 12.4 Å². The zero-order valence-corrected chi connectivity index (χ0v) is 6.64. The summed E-state index contributed by atoms with van der Waals surface area (Å²) in [6.45, 7) is 0. The van der Waals surface area contributed by atoms with Crippen LogP contribution in [0.1, 0.15) is 0 Å². The van der Waals surface area contributed by atoms with E-state index in [0.29, 0.717) is 11.6 Å². The van der Waals surface area contributed by atoms with E-state index in [0.717, 1.165) is 0 Å². The molecular formula is C7H7N5O. The largest absolute Gasteiger partial charge is 0.383 e. The Morgan fingerprint density at radius 2 is 2.38 bits per heavy atom. The van der Waals surface area contributed by atoms with Crippen molar-refractivity contribution in [2.24, 2.45) is 0 Å². The molecule has 6 nitrogen and oxygen atoms in total. The van der Waals surface area contributed by atoms with Crippen molar-refractivity contribution in [3.63, 3.8) is 0 Å². The first kappa shape index (κ1) is 7.53. The molecule has 2 heterocycles. The molecule has 2 rings (SSSR count). The molecule has 2 aromatic heterocycles. The summed E-state index contributed by atoms with van der Waals surface area (Å²) in [5.74, 6) is 0.780. The van der Waals surface area contributed by atoms with E-state index in [4.69, 9.17) is 5.73 Å². The number of hydrogen-bond acceptors (Lipinski definition) is 4. The van der Waals surface area contributed by atoms with Crippen molar-refractivity contribution >= 4 is 5.82 Å². The van der Waals surface area contributed by atoms with Crippen molar-refractivity contribution < 1.29 is 0 Å². The summed E-state index contributed by atoms with van der Waals surface area (Å²) >= 11 is 0. The van der Waals surface area contributed by atoms with Gasteiger partial charge in [0.1, 0.15) is 18.0 Å². The summed E-state index contributed by atoms with van der Waals surface area (Å²) in [6, 6.07) is 1.60. The molecule has 0 amide bonds. The zero-order chi connectivity index (χ0) is 9.26. The van der Waals surface area contributed by atoms with E-state index >= 15 is 0 Å². The van der Waals surface area contributed by atoms with Gasteiger partial charge in [-0.05, 0) is 6.07 Å². The number of nitrogens with one attached hydrogen (secondary N) is 1. The van der Waals surface area contributed by atoms with Gasteiger partial charge in [0.15, 0.2) is 0 Å². The van der Waals surface area contributed by atoms with Crippen LogP contribution in [0.4, 0.5) is 5.82 Å².